The van der Waals surface area contributed by atoms with Crippen LogP contribution in [0, 0.1) is 0 Å². The molecule has 0 aliphatic carbocycles. The molecule has 0 aromatic heterocycles. The molecule has 1 amide bonds. The smallest absolute Gasteiger partial charge is 0.354 e. The molecule has 2 N–H and O–H groups in total. The maximum atomic E-state index is 11.9. The average Bonchev–Trinajstić information content (AvgIpc) is 2.67. The molecule has 1 atom stereocenters. The molecule has 0 bridgehead atoms. The van der Waals surface area contributed by atoms with Crippen LogP contribution < -0.4 is 10.6 Å². The number of carbonyl (C=O) groups excluding carboxylic acids is 4. The van der Waals surface area contributed by atoms with Crippen LogP contribution in [-0.4, -0.2) is 51.2 Å². The van der Waals surface area contributed by atoms with Gasteiger partial charge in [0.25, 0.3) is 0 Å². The molecule has 28 heavy (non-hydrogen) atoms. The summed E-state index contributed by atoms with van der Waals surface area (Å²) in [4.78, 5) is 46.5. The maximum Gasteiger partial charge on any atom is 0.354 e. The van der Waals surface area contributed by atoms with Crippen LogP contribution in [0.3, 0.4) is 0 Å². The van der Waals surface area contributed by atoms with Gasteiger partial charge in [-0.05, 0) is 23.8 Å². The predicted molar refractivity (Wildman–Crippen MR) is 101 cm³/mol. The van der Waals surface area contributed by atoms with Crippen molar-refractivity contribution in [2.75, 3.05) is 26.6 Å². The number of hydrogen-bond donors (Lipinski definition) is 2. The number of rotatable bonds is 8. The van der Waals surface area contributed by atoms with Gasteiger partial charge in [0, 0.05) is 24.1 Å². The molecular formula is C18H21ClN2O7. The highest BCUT2D eigenvalue weighted by molar-refractivity contribution is 6.31. The van der Waals surface area contributed by atoms with Crippen molar-refractivity contribution in [1.29, 1.82) is 0 Å². The minimum atomic E-state index is -0.944. The van der Waals surface area contributed by atoms with Crippen LogP contribution in [0.25, 0.3) is 0 Å². The summed E-state index contributed by atoms with van der Waals surface area (Å²) in [5, 5.41) is 5.57. The maximum absolute atomic E-state index is 11.9. The second kappa shape index (κ2) is 10.9. The van der Waals surface area contributed by atoms with Gasteiger partial charge in [0.05, 0.1) is 27.4 Å². The highest BCUT2D eigenvalue weighted by Gasteiger charge is 2.22. The number of halogens is 1. The number of ether oxygens (including phenoxy) is 3. The molecule has 10 heteroatoms. The fraction of sp³-hybridized carbons (Fsp3) is 0.333. The van der Waals surface area contributed by atoms with Crippen LogP contribution in [0.2, 0.25) is 5.02 Å². The van der Waals surface area contributed by atoms with E-state index in [2.05, 4.69) is 24.8 Å². The van der Waals surface area contributed by atoms with E-state index in [1.54, 1.807) is 12.1 Å². The van der Waals surface area contributed by atoms with Gasteiger partial charge in [-0.25, -0.2) is 14.4 Å². The summed E-state index contributed by atoms with van der Waals surface area (Å²) in [5.41, 5.74) is 0.735. The van der Waals surface area contributed by atoms with Crippen molar-refractivity contribution in [1.82, 2.24) is 5.32 Å². The summed E-state index contributed by atoms with van der Waals surface area (Å²) in [6.07, 6.45) is 0.990. The summed E-state index contributed by atoms with van der Waals surface area (Å²) in [5.74, 6) is -2.58. The zero-order chi connectivity index (χ0) is 21.3. The van der Waals surface area contributed by atoms with E-state index < -0.39 is 29.9 Å². The Labute approximate surface area is 167 Å². The number of esters is 3. The zero-order valence-corrected chi connectivity index (χ0v) is 16.6. The number of carbonyl (C=O) groups is 4. The Morgan fingerprint density at radius 3 is 2.32 bits per heavy atom. The summed E-state index contributed by atoms with van der Waals surface area (Å²) >= 11 is 6.18. The first-order chi connectivity index (χ1) is 13.2. The first-order valence-corrected chi connectivity index (χ1v) is 8.38. The van der Waals surface area contributed by atoms with Crippen molar-refractivity contribution in [3.8, 4) is 0 Å². The summed E-state index contributed by atoms with van der Waals surface area (Å²) in [7, 11) is 3.54. The highest BCUT2D eigenvalue weighted by Crippen LogP contribution is 2.23. The van der Waals surface area contributed by atoms with Crippen LogP contribution in [0.5, 0.6) is 0 Å². The second-order valence-electron chi connectivity index (χ2n) is 5.48. The van der Waals surface area contributed by atoms with E-state index in [0.29, 0.717) is 16.3 Å². The van der Waals surface area contributed by atoms with E-state index >= 15 is 0 Å². The van der Waals surface area contributed by atoms with Gasteiger partial charge < -0.3 is 24.8 Å². The number of anilines is 1. The van der Waals surface area contributed by atoms with Crippen LogP contribution in [-0.2, 0) is 39.8 Å². The largest absolute Gasteiger partial charge is 0.467 e. The Kier molecular flexibility index (Phi) is 8.97. The third kappa shape index (κ3) is 6.92. The van der Waals surface area contributed by atoms with Crippen molar-refractivity contribution in [3.05, 3.63) is 40.6 Å². The molecule has 1 aromatic rings. The van der Waals surface area contributed by atoms with Crippen molar-refractivity contribution < 1.29 is 33.4 Å². The lowest BCUT2D eigenvalue weighted by Gasteiger charge is -2.17. The molecule has 0 heterocycles. The van der Waals surface area contributed by atoms with Gasteiger partial charge in [0.1, 0.15) is 11.7 Å². The van der Waals surface area contributed by atoms with Gasteiger partial charge in [-0.3, -0.25) is 4.79 Å². The lowest BCUT2D eigenvalue weighted by Crippen LogP contribution is -2.42. The van der Waals surface area contributed by atoms with E-state index in [9.17, 15) is 19.2 Å². The fourth-order valence-corrected chi connectivity index (χ4v) is 2.39. The number of benzene rings is 1. The molecule has 0 fully saturated rings. The Morgan fingerprint density at radius 2 is 1.79 bits per heavy atom. The van der Waals surface area contributed by atoms with Gasteiger partial charge in [0.2, 0.25) is 5.91 Å². The molecule has 1 rings (SSSR count). The highest BCUT2D eigenvalue weighted by atomic mass is 35.5. The normalized spacial score (nSPS) is 11.8. The van der Waals surface area contributed by atoms with Gasteiger partial charge >= 0.3 is 17.9 Å². The van der Waals surface area contributed by atoms with E-state index in [0.717, 1.165) is 13.2 Å². The zero-order valence-electron chi connectivity index (χ0n) is 15.8. The quantitative estimate of drug-likeness (QED) is 0.371. The van der Waals surface area contributed by atoms with Gasteiger partial charge in [-0.2, -0.15) is 0 Å². The molecule has 0 saturated heterocycles. The molecule has 0 aliphatic heterocycles. The van der Waals surface area contributed by atoms with E-state index in [4.69, 9.17) is 11.6 Å². The standard InChI is InChI=1S/C18H21ClN2O7/c1-10(22)20-14(17(24)27-3)8-11-7-12(5-6-13(11)19)21-15(18(25)28-4)9-16(23)26-2/h5-7,9,14,21H,8H2,1-4H3,(H,20,22)/b15-9+. The number of amides is 1. The summed E-state index contributed by atoms with van der Waals surface area (Å²) < 4.78 is 13.8. The summed E-state index contributed by atoms with van der Waals surface area (Å²) in [6.45, 7) is 1.27. The Morgan fingerprint density at radius 1 is 1.11 bits per heavy atom. The van der Waals surface area contributed by atoms with Gasteiger partial charge in [-0.1, -0.05) is 11.6 Å². The topological polar surface area (TPSA) is 120 Å². The minimum Gasteiger partial charge on any atom is -0.467 e. The van der Waals surface area contributed by atoms with E-state index in [1.165, 1.54) is 27.2 Å². The number of methoxy groups -OCH3 is 3. The molecule has 0 spiro atoms. The third-order valence-corrected chi connectivity index (χ3v) is 3.85. The van der Waals surface area contributed by atoms with E-state index in [-0.39, 0.29) is 12.1 Å². The Balaban J connectivity index is 3.16. The van der Waals surface area contributed by atoms with Crippen molar-refractivity contribution in [2.24, 2.45) is 0 Å². The van der Waals surface area contributed by atoms with Crippen LogP contribution in [0.4, 0.5) is 5.69 Å². The lowest BCUT2D eigenvalue weighted by molar-refractivity contribution is -0.144. The average molecular weight is 413 g/mol. The SMILES string of the molecule is COC(=O)/C=C(/Nc1ccc(Cl)c(CC(NC(C)=O)C(=O)OC)c1)C(=O)OC. The van der Waals surface area contributed by atoms with Crippen molar-refractivity contribution in [3.63, 3.8) is 0 Å². The first kappa shape index (κ1) is 23.0. The van der Waals surface area contributed by atoms with Gasteiger partial charge in [-0.15, -0.1) is 0 Å². The van der Waals surface area contributed by atoms with Crippen LogP contribution in [0.1, 0.15) is 12.5 Å². The van der Waals surface area contributed by atoms with Crippen molar-refractivity contribution >= 4 is 41.1 Å². The Hall–Kier alpha value is -3.07. The molecule has 0 aliphatic rings. The summed E-state index contributed by atoms with van der Waals surface area (Å²) in [6, 6.07) is 3.72. The molecule has 0 saturated carbocycles. The molecule has 9 nitrogen and oxygen atoms in total. The molecule has 1 unspecified atom stereocenters. The minimum absolute atomic E-state index is 0.0505. The Bertz CT molecular complexity index is 792. The lowest BCUT2D eigenvalue weighted by atomic mass is 10.0. The van der Waals surface area contributed by atoms with Gasteiger partial charge in [0.15, 0.2) is 0 Å². The van der Waals surface area contributed by atoms with E-state index in [1.807, 2.05) is 0 Å². The van der Waals surface area contributed by atoms with Crippen molar-refractivity contribution in [2.45, 2.75) is 19.4 Å². The first-order valence-electron chi connectivity index (χ1n) is 8.00. The second-order valence-corrected chi connectivity index (χ2v) is 5.89. The van der Waals surface area contributed by atoms with Crippen LogP contribution in [0.15, 0.2) is 30.0 Å². The fourth-order valence-electron chi connectivity index (χ4n) is 2.20. The number of nitrogens with one attached hydrogen (secondary N) is 2. The molecule has 0 radical (unpaired) electrons. The predicted octanol–water partition coefficient (Wildman–Crippen LogP) is 1.20. The molecule has 152 valence electrons. The number of hydrogen-bond acceptors (Lipinski definition) is 8. The molecule has 1 aromatic carbocycles. The van der Waals surface area contributed by atoms with Crippen LogP contribution >= 0.6 is 11.6 Å². The third-order valence-electron chi connectivity index (χ3n) is 3.48. The molecular weight excluding hydrogens is 392 g/mol. The monoisotopic (exact) mass is 412 g/mol.